The molecule has 0 aliphatic rings. The summed E-state index contributed by atoms with van der Waals surface area (Å²) in [6, 6.07) is 0.170. The second-order valence-electron chi connectivity index (χ2n) is 4.23. The molecule has 0 radical (unpaired) electrons. The van der Waals surface area contributed by atoms with Crippen molar-refractivity contribution in [2.24, 2.45) is 5.73 Å². The Balaban J connectivity index is 3.16. The highest BCUT2D eigenvalue weighted by atomic mass is 14.6. The van der Waals surface area contributed by atoms with E-state index in [-0.39, 0.29) is 6.04 Å². The summed E-state index contributed by atoms with van der Waals surface area (Å²) >= 11 is 0. The van der Waals surface area contributed by atoms with E-state index in [4.69, 9.17) is 5.73 Å². The Morgan fingerprint density at radius 1 is 1.00 bits per heavy atom. The highest BCUT2D eigenvalue weighted by molar-refractivity contribution is 5.04. The van der Waals surface area contributed by atoms with Crippen LogP contribution in [-0.4, -0.2) is 6.04 Å². The first-order chi connectivity index (χ1) is 7.27. The molecule has 0 amide bonds. The van der Waals surface area contributed by atoms with Crippen LogP contribution in [0.15, 0.2) is 24.3 Å². The molecule has 0 aromatic rings. The van der Waals surface area contributed by atoms with Crippen molar-refractivity contribution in [2.75, 3.05) is 0 Å². The number of nitrogens with two attached hydrogens (primary N) is 1. The first kappa shape index (κ1) is 14.4. The molecule has 2 N–H and O–H groups in total. The molecule has 0 aliphatic heterocycles. The topological polar surface area (TPSA) is 26.0 Å². The molecule has 88 valence electrons. The van der Waals surface area contributed by atoms with Crippen LogP contribution in [0.1, 0.15) is 58.8 Å². The summed E-state index contributed by atoms with van der Waals surface area (Å²) in [5.41, 5.74) is 5.58. The molecule has 1 heteroatoms. The summed E-state index contributed by atoms with van der Waals surface area (Å²) in [5.74, 6) is 0. The summed E-state index contributed by atoms with van der Waals surface area (Å²) in [7, 11) is 0. The van der Waals surface area contributed by atoms with Crippen LogP contribution in [0.5, 0.6) is 0 Å². The second kappa shape index (κ2) is 11.5. The van der Waals surface area contributed by atoms with Gasteiger partial charge in [0.15, 0.2) is 0 Å². The van der Waals surface area contributed by atoms with E-state index < -0.39 is 0 Å². The van der Waals surface area contributed by atoms with Crippen molar-refractivity contribution in [3.63, 3.8) is 0 Å². The van der Waals surface area contributed by atoms with Gasteiger partial charge in [-0.2, -0.15) is 0 Å². The minimum absolute atomic E-state index is 0.170. The Bertz CT molecular complexity index is 168. The Hall–Kier alpha value is -0.560. The summed E-state index contributed by atoms with van der Waals surface area (Å²) in [6.07, 6.45) is 17.8. The number of rotatable bonds is 9. The molecule has 15 heavy (non-hydrogen) atoms. The normalized spacial score (nSPS) is 14.1. The fraction of sp³-hybridized carbons (Fsp3) is 0.714. The Labute approximate surface area is 95.4 Å². The maximum absolute atomic E-state index is 5.58. The molecule has 0 heterocycles. The number of hydrogen-bond donors (Lipinski definition) is 1. The van der Waals surface area contributed by atoms with E-state index in [1.165, 1.54) is 44.9 Å². The van der Waals surface area contributed by atoms with Crippen LogP contribution in [-0.2, 0) is 0 Å². The molecule has 0 saturated carbocycles. The molecule has 0 bridgehead atoms. The van der Waals surface area contributed by atoms with Crippen molar-refractivity contribution in [1.82, 2.24) is 0 Å². The third-order valence-electron chi connectivity index (χ3n) is 2.39. The molecule has 0 saturated heterocycles. The summed E-state index contributed by atoms with van der Waals surface area (Å²) in [6.45, 7) is 4.24. The zero-order chi connectivity index (χ0) is 11.4. The molecule has 0 rings (SSSR count). The van der Waals surface area contributed by atoms with Gasteiger partial charge >= 0.3 is 0 Å². The van der Waals surface area contributed by atoms with Crippen molar-refractivity contribution in [1.29, 1.82) is 0 Å². The molecule has 0 aromatic carbocycles. The van der Waals surface area contributed by atoms with Crippen molar-refractivity contribution in [3.8, 4) is 0 Å². The highest BCUT2D eigenvalue weighted by Crippen LogP contribution is 2.07. The molecular formula is C14H27N. The standard InChI is InChI=1S/C14H27N/c1-3-4-5-6-7-8-9-10-11-12-13-14(2)15/h10-14H,3-9,15H2,1-2H3/b11-10-,13-12+. The molecule has 0 aromatic heterocycles. The number of allylic oxidation sites excluding steroid dienone is 3. The van der Waals surface area contributed by atoms with Gasteiger partial charge in [0.05, 0.1) is 0 Å². The van der Waals surface area contributed by atoms with Crippen LogP contribution in [0.3, 0.4) is 0 Å². The highest BCUT2D eigenvalue weighted by Gasteiger charge is 1.87. The zero-order valence-corrected chi connectivity index (χ0v) is 10.4. The molecule has 0 spiro atoms. The van der Waals surface area contributed by atoms with E-state index in [1.807, 2.05) is 19.1 Å². The molecular weight excluding hydrogens is 182 g/mol. The van der Waals surface area contributed by atoms with Gasteiger partial charge in [0, 0.05) is 6.04 Å². The van der Waals surface area contributed by atoms with E-state index in [0.29, 0.717) is 0 Å². The van der Waals surface area contributed by atoms with E-state index in [1.54, 1.807) is 0 Å². The predicted molar refractivity (Wildman–Crippen MR) is 69.9 cm³/mol. The van der Waals surface area contributed by atoms with Gasteiger partial charge in [0.2, 0.25) is 0 Å². The lowest BCUT2D eigenvalue weighted by Gasteiger charge is -1.97. The molecule has 1 unspecified atom stereocenters. The maximum atomic E-state index is 5.58. The van der Waals surface area contributed by atoms with Crippen LogP contribution in [0.4, 0.5) is 0 Å². The Morgan fingerprint density at radius 2 is 1.67 bits per heavy atom. The first-order valence-corrected chi connectivity index (χ1v) is 6.36. The lowest BCUT2D eigenvalue weighted by atomic mass is 10.1. The third-order valence-corrected chi connectivity index (χ3v) is 2.39. The van der Waals surface area contributed by atoms with Crippen LogP contribution in [0.25, 0.3) is 0 Å². The van der Waals surface area contributed by atoms with Crippen molar-refractivity contribution in [3.05, 3.63) is 24.3 Å². The van der Waals surface area contributed by atoms with Gasteiger partial charge in [-0.1, -0.05) is 63.3 Å². The van der Waals surface area contributed by atoms with Crippen molar-refractivity contribution >= 4 is 0 Å². The average molecular weight is 209 g/mol. The van der Waals surface area contributed by atoms with Gasteiger partial charge < -0.3 is 5.73 Å². The largest absolute Gasteiger partial charge is 0.325 e. The van der Waals surface area contributed by atoms with E-state index in [2.05, 4.69) is 19.1 Å². The second-order valence-corrected chi connectivity index (χ2v) is 4.23. The molecule has 0 aliphatic carbocycles. The molecule has 1 atom stereocenters. The fourth-order valence-electron chi connectivity index (χ4n) is 1.46. The minimum atomic E-state index is 0.170. The lowest BCUT2D eigenvalue weighted by Crippen LogP contribution is -2.09. The number of hydrogen-bond acceptors (Lipinski definition) is 1. The van der Waals surface area contributed by atoms with Gasteiger partial charge in [-0.25, -0.2) is 0 Å². The first-order valence-electron chi connectivity index (χ1n) is 6.36. The van der Waals surface area contributed by atoms with E-state index >= 15 is 0 Å². The summed E-state index contributed by atoms with van der Waals surface area (Å²) in [4.78, 5) is 0. The van der Waals surface area contributed by atoms with E-state index in [9.17, 15) is 0 Å². The zero-order valence-electron chi connectivity index (χ0n) is 10.4. The lowest BCUT2D eigenvalue weighted by molar-refractivity contribution is 0.611. The minimum Gasteiger partial charge on any atom is -0.325 e. The fourth-order valence-corrected chi connectivity index (χ4v) is 1.46. The smallest absolute Gasteiger partial charge is 0.0197 e. The molecule has 1 nitrogen and oxygen atoms in total. The third kappa shape index (κ3) is 13.4. The predicted octanol–water partition coefficient (Wildman–Crippen LogP) is 4.20. The van der Waals surface area contributed by atoms with Crippen LogP contribution >= 0.6 is 0 Å². The van der Waals surface area contributed by atoms with E-state index in [0.717, 1.165) is 0 Å². The van der Waals surface area contributed by atoms with Gasteiger partial charge in [-0.05, 0) is 19.8 Å². The van der Waals surface area contributed by atoms with Gasteiger partial charge in [0.25, 0.3) is 0 Å². The van der Waals surface area contributed by atoms with Crippen LogP contribution in [0.2, 0.25) is 0 Å². The van der Waals surface area contributed by atoms with Crippen LogP contribution in [0, 0.1) is 0 Å². The average Bonchev–Trinajstić information content (AvgIpc) is 2.20. The van der Waals surface area contributed by atoms with Crippen LogP contribution < -0.4 is 5.73 Å². The Kier molecular flexibility index (Phi) is 11.1. The van der Waals surface area contributed by atoms with Gasteiger partial charge in [-0.3, -0.25) is 0 Å². The van der Waals surface area contributed by atoms with Crippen molar-refractivity contribution in [2.45, 2.75) is 64.8 Å². The maximum Gasteiger partial charge on any atom is 0.0197 e. The SMILES string of the molecule is CCCCCCCC/C=C\C=C\C(C)N. The van der Waals surface area contributed by atoms with Crippen molar-refractivity contribution < 1.29 is 0 Å². The number of unbranched alkanes of at least 4 members (excludes halogenated alkanes) is 6. The van der Waals surface area contributed by atoms with Gasteiger partial charge in [-0.15, -0.1) is 0 Å². The Morgan fingerprint density at radius 3 is 2.33 bits per heavy atom. The summed E-state index contributed by atoms with van der Waals surface area (Å²) in [5, 5.41) is 0. The quantitative estimate of drug-likeness (QED) is 0.447. The summed E-state index contributed by atoms with van der Waals surface area (Å²) < 4.78 is 0. The molecule has 0 fully saturated rings. The monoisotopic (exact) mass is 209 g/mol. The van der Waals surface area contributed by atoms with Gasteiger partial charge in [0.1, 0.15) is 0 Å².